The quantitative estimate of drug-likeness (QED) is 0.199. The van der Waals surface area contributed by atoms with Crippen LogP contribution >= 0.6 is 0 Å². The van der Waals surface area contributed by atoms with Crippen molar-refractivity contribution in [2.75, 3.05) is 26.8 Å². The van der Waals surface area contributed by atoms with Gasteiger partial charge in [0, 0.05) is 51.9 Å². The van der Waals surface area contributed by atoms with E-state index in [1.165, 1.54) is 6.92 Å². The molecule has 4 aliphatic heterocycles. The van der Waals surface area contributed by atoms with Crippen LogP contribution in [0, 0.1) is 11.8 Å². The number of methoxy groups -OCH3 is 1. The van der Waals surface area contributed by atoms with Crippen LogP contribution in [-0.2, 0) is 42.9 Å². The molecule has 0 radical (unpaired) electrons. The number of nitrogens with one attached hydrogen (secondary N) is 2. The van der Waals surface area contributed by atoms with Crippen molar-refractivity contribution in [3.8, 4) is 5.75 Å². The summed E-state index contributed by atoms with van der Waals surface area (Å²) in [6.45, 7) is 9.85. The van der Waals surface area contributed by atoms with E-state index in [0.29, 0.717) is 17.6 Å². The molecule has 50 heavy (non-hydrogen) atoms. The van der Waals surface area contributed by atoms with Gasteiger partial charge >= 0.3 is 29.9 Å². The van der Waals surface area contributed by atoms with Crippen LogP contribution in [0.3, 0.4) is 0 Å². The Kier molecular flexibility index (Phi) is 11.6. The van der Waals surface area contributed by atoms with E-state index in [0.717, 1.165) is 63.2 Å². The number of fused-ring (bicyclic) bond motifs is 4. The Bertz CT molecular complexity index is 1620. The van der Waals surface area contributed by atoms with E-state index in [9.17, 15) is 24.0 Å². The Hall–Kier alpha value is -4.76. The number of hydrogen-bond acceptors (Lipinski definition) is 13. The second-order valence-corrected chi connectivity index (χ2v) is 12.7. The van der Waals surface area contributed by atoms with Gasteiger partial charge in [-0.1, -0.05) is 6.08 Å². The molecule has 15 nitrogen and oxygen atoms in total. The monoisotopic (exact) mass is 696 g/mol. The highest BCUT2D eigenvalue weighted by Gasteiger charge is 2.53. The lowest BCUT2D eigenvalue weighted by Gasteiger charge is -2.51. The van der Waals surface area contributed by atoms with Crippen molar-refractivity contribution in [1.29, 1.82) is 0 Å². The number of hydrogen-bond donors (Lipinski definition) is 2. The number of amides is 2. The van der Waals surface area contributed by atoms with Crippen LogP contribution in [0.25, 0.3) is 10.9 Å². The standard InChI is InChI=1S/C35H44N4O11/c1-7-22-16-39-13-11-23(22)14-28(39)30(25-10-12-36-27-9-8-24(45-6)15-26(25)27)37-35(44)38-34-33(49-21(5)43)32(48-20(4)42)31(47-19(3)41)29(50-34)17-46-18(2)40/h7-10,12,15,22-23,28-34H,1,11,13-14,16-17H2,2-6H3,(H2,37,38,44)/t22?,23?,28-,29+,30-,31+,32-,33+,34+/m0/s1. The summed E-state index contributed by atoms with van der Waals surface area (Å²) in [5.41, 5.74) is 1.54. The summed E-state index contributed by atoms with van der Waals surface area (Å²) < 4.78 is 33.3. The number of urea groups is 1. The summed E-state index contributed by atoms with van der Waals surface area (Å²) in [4.78, 5) is 69.4. The number of ether oxygens (including phenoxy) is 6. The zero-order valence-corrected chi connectivity index (χ0v) is 28.8. The first-order valence-corrected chi connectivity index (χ1v) is 16.5. The van der Waals surface area contributed by atoms with Crippen molar-refractivity contribution in [1.82, 2.24) is 20.5 Å². The van der Waals surface area contributed by atoms with Gasteiger partial charge in [0.2, 0.25) is 0 Å². The molecule has 2 amide bonds. The third-order valence-corrected chi connectivity index (χ3v) is 9.41. The second kappa shape index (κ2) is 15.9. The van der Waals surface area contributed by atoms with Crippen LogP contribution in [0.15, 0.2) is 43.1 Å². The third-order valence-electron chi connectivity index (χ3n) is 9.41. The number of rotatable bonds is 11. The van der Waals surface area contributed by atoms with Crippen molar-refractivity contribution in [2.24, 2.45) is 11.8 Å². The van der Waals surface area contributed by atoms with Crippen LogP contribution in [0.2, 0.25) is 0 Å². The highest BCUT2D eigenvalue weighted by Crippen LogP contribution is 2.42. The number of piperidine rings is 3. The molecule has 0 spiro atoms. The first-order chi connectivity index (χ1) is 23.9. The lowest BCUT2D eigenvalue weighted by Crippen LogP contribution is -2.67. The molecule has 4 saturated heterocycles. The fraction of sp³-hybridized carbons (Fsp3) is 0.543. The van der Waals surface area contributed by atoms with Crippen LogP contribution < -0.4 is 15.4 Å². The molecule has 5 heterocycles. The van der Waals surface area contributed by atoms with Gasteiger partial charge in [-0.3, -0.25) is 29.1 Å². The molecule has 1 aromatic heterocycles. The lowest BCUT2D eigenvalue weighted by atomic mass is 9.73. The summed E-state index contributed by atoms with van der Waals surface area (Å²) in [5, 5.41) is 6.70. The molecule has 270 valence electrons. The van der Waals surface area contributed by atoms with E-state index in [-0.39, 0.29) is 6.04 Å². The van der Waals surface area contributed by atoms with Gasteiger partial charge in [-0.2, -0.15) is 0 Å². The molecule has 6 rings (SSSR count). The normalized spacial score (nSPS) is 29.2. The van der Waals surface area contributed by atoms with Crippen molar-refractivity contribution >= 4 is 40.8 Å². The van der Waals surface area contributed by atoms with E-state index < -0.39 is 73.2 Å². The van der Waals surface area contributed by atoms with E-state index in [1.54, 1.807) is 13.3 Å². The van der Waals surface area contributed by atoms with Gasteiger partial charge in [0.1, 0.15) is 18.5 Å². The predicted molar refractivity (Wildman–Crippen MR) is 176 cm³/mol. The van der Waals surface area contributed by atoms with Crippen molar-refractivity contribution in [3.63, 3.8) is 0 Å². The first-order valence-electron chi connectivity index (χ1n) is 16.5. The highest BCUT2D eigenvalue weighted by molar-refractivity contribution is 5.85. The molecule has 10 atom stereocenters. The largest absolute Gasteiger partial charge is 0.497 e. The van der Waals surface area contributed by atoms with Gasteiger partial charge in [0.15, 0.2) is 24.5 Å². The van der Waals surface area contributed by atoms with Crippen LogP contribution in [-0.4, -0.2) is 103 Å². The number of benzene rings is 1. The Balaban J connectivity index is 1.50. The molecular formula is C35H44N4O11. The van der Waals surface area contributed by atoms with Gasteiger partial charge in [0.25, 0.3) is 0 Å². The maximum atomic E-state index is 14.1. The minimum absolute atomic E-state index is 0.0945. The summed E-state index contributed by atoms with van der Waals surface area (Å²) in [7, 11) is 1.58. The topological polar surface area (TPSA) is 181 Å². The number of nitrogens with zero attached hydrogens (tertiary/aromatic N) is 2. The number of esters is 4. The van der Waals surface area contributed by atoms with Gasteiger partial charge in [0.05, 0.1) is 18.7 Å². The number of pyridine rings is 1. The number of carbonyl (C=O) groups excluding carboxylic acids is 5. The van der Waals surface area contributed by atoms with Crippen molar-refractivity contribution < 1.29 is 52.4 Å². The predicted octanol–water partition coefficient (Wildman–Crippen LogP) is 2.56. The average molecular weight is 697 g/mol. The molecule has 15 heteroatoms. The van der Waals surface area contributed by atoms with E-state index in [2.05, 4.69) is 27.1 Å². The van der Waals surface area contributed by atoms with E-state index in [4.69, 9.17) is 28.4 Å². The van der Waals surface area contributed by atoms with E-state index >= 15 is 0 Å². The minimum Gasteiger partial charge on any atom is -0.497 e. The molecule has 2 N–H and O–H groups in total. The molecule has 0 aliphatic carbocycles. The van der Waals surface area contributed by atoms with Gasteiger partial charge in [-0.05, 0) is 61.1 Å². The Labute approximate surface area is 289 Å². The molecule has 0 saturated carbocycles. The van der Waals surface area contributed by atoms with Crippen molar-refractivity contribution in [3.05, 3.63) is 48.7 Å². The first kappa shape index (κ1) is 36.5. The number of carbonyl (C=O) groups is 5. The smallest absolute Gasteiger partial charge is 0.317 e. The van der Waals surface area contributed by atoms with Crippen LogP contribution in [0.4, 0.5) is 4.79 Å². The molecule has 2 aromatic rings. The Morgan fingerprint density at radius 1 is 1.00 bits per heavy atom. The minimum atomic E-state index is -1.45. The Morgan fingerprint density at radius 3 is 2.32 bits per heavy atom. The maximum absolute atomic E-state index is 14.1. The maximum Gasteiger partial charge on any atom is 0.317 e. The summed E-state index contributed by atoms with van der Waals surface area (Å²) in [6.07, 6.45) is -1.37. The zero-order chi connectivity index (χ0) is 36.1. The zero-order valence-electron chi connectivity index (χ0n) is 28.8. The van der Waals surface area contributed by atoms with Crippen LogP contribution in [0.1, 0.15) is 52.1 Å². The molecule has 4 fully saturated rings. The van der Waals surface area contributed by atoms with Crippen LogP contribution in [0.5, 0.6) is 5.75 Å². The molecule has 4 aliphatic rings. The molecule has 2 bridgehead atoms. The second-order valence-electron chi connectivity index (χ2n) is 12.7. The summed E-state index contributed by atoms with van der Waals surface area (Å²) in [5.74, 6) is -1.61. The third kappa shape index (κ3) is 8.33. The SMILES string of the molecule is C=CC1CN2CCC1C[C@H]2[C@@H](NC(=O)N[C@@H]1O[C@H](COC(C)=O)[C@@H](OC(C)=O)[C@H](OC(C)=O)[C@H]1OC(C)=O)c1ccnc2ccc(OC)cc12. The van der Waals surface area contributed by atoms with E-state index in [1.807, 2.05) is 30.3 Å². The van der Waals surface area contributed by atoms with Gasteiger partial charge in [-0.25, -0.2) is 4.79 Å². The summed E-state index contributed by atoms with van der Waals surface area (Å²) >= 11 is 0. The molecule has 3 unspecified atom stereocenters. The average Bonchev–Trinajstić information content (AvgIpc) is 3.08. The van der Waals surface area contributed by atoms with Crippen molar-refractivity contribution in [2.45, 2.75) is 83.3 Å². The van der Waals surface area contributed by atoms with Gasteiger partial charge in [-0.15, -0.1) is 6.58 Å². The summed E-state index contributed by atoms with van der Waals surface area (Å²) in [6, 6.07) is 6.09. The highest BCUT2D eigenvalue weighted by atomic mass is 16.7. The van der Waals surface area contributed by atoms with Gasteiger partial charge < -0.3 is 39.1 Å². The Morgan fingerprint density at radius 2 is 1.70 bits per heavy atom. The molecule has 1 aromatic carbocycles. The molecular weight excluding hydrogens is 652 g/mol. The lowest BCUT2D eigenvalue weighted by molar-refractivity contribution is -0.255. The fourth-order valence-electron chi connectivity index (χ4n) is 7.31. The number of aromatic nitrogens is 1. The fourth-order valence-corrected chi connectivity index (χ4v) is 7.31.